The predicted molar refractivity (Wildman–Crippen MR) is 143 cm³/mol. The van der Waals surface area contributed by atoms with Crippen molar-refractivity contribution in [1.29, 1.82) is 0 Å². The van der Waals surface area contributed by atoms with Gasteiger partial charge in [0.05, 0.1) is 23.6 Å². The summed E-state index contributed by atoms with van der Waals surface area (Å²) in [5.41, 5.74) is 5.46. The summed E-state index contributed by atoms with van der Waals surface area (Å²) in [6.07, 6.45) is 7.42. The average Bonchev–Trinajstić information content (AvgIpc) is 3.51. The van der Waals surface area contributed by atoms with E-state index in [2.05, 4.69) is 36.1 Å². The molecule has 1 aliphatic rings. The molecule has 4 aromatic rings. The van der Waals surface area contributed by atoms with E-state index < -0.39 is 0 Å². The highest BCUT2D eigenvalue weighted by molar-refractivity contribution is 7.80. The molecule has 5 rings (SSSR count). The molecule has 1 amide bonds. The van der Waals surface area contributed by atoms with E-state index in [9.17, 15) is 4.79 Å². The molecule has 1 aliphatic heterocycles. The first kappa shape index (κ1) is 23.7. The lowest BCUT2D eigenvalue weighted by Gasteiger charge is -2.29. The SMILES string of the molecule is COCC(=O)Nc1ccc(N2C(=S)N[C@@H](c3ccccn3)[C@@H]2c2cccn2-c2cccnc2)cc1C. The van der Waals surface area contributed by atoms with Gasteiger partial charge in [0.2, 0.25) is 5.91 Å². The van der Waals surface area contributed by atoms with Crippen LogP contribution in [0.4, 0.5) is 11.4 Å². The van der Waals surface area contributed by atoms with Gasteiger partial charge in [-0.15, -0.1) is 0 Å². The topological polar surface area (TPSA) is 84.3 Å². The second-order valence-electron chi connectivity index (χ2n) is 8.49. The summed E-state index contributed by atoms with van der Waals surface area (Å²) >= 11 is 5.87. The maximum atomic E-state index is 12.0. The van der Waals surface area contributed by atoms with Gasteiger partial charge in [0, 0.05) is 42.8 Å². The number of hydrogen-bond acceptors (Lipinski definition) is 5. The molecule has 0 spiro atoms. The van der Waals surface area contributed by atoms with Gasteiger partial charge in [0.1, 0.15) is 12.6 Å². The minimum Gasteiger partial charge on any atom is -0.375 e. The second-order valence-corrected chi connectivity index (χ2v) is 8.88. The fourth-order valence-electron chi connectivity index (χ4n) is 4.56. The van der Waals surface area contributed by atoms with Crippen LogP contribution in [0.2, 0.25) is 0 Å². The second kappa shape index (κ2) is 10.3. The Hall–Kier alpha value is -4.08. The van der Waals surface area contributed by atoms with Gasteiger partial charge < -0.3 is 24.8 Å². The van der Waals surface area contributed by atoms with Crippen molar-refractivity contribution in [2.75, 3.05) is 23.9 Å². The zero-order chi connectivity index (χ0) is 25.1. The third-order valence-electron chi connectivity index (χ3n) is 6.14. The van der Waals surface area contributed by atoms with Crippen LogP contribution in [-0.2, 0) is 9.53 Å². The van der Waals surface area contributed by atoms with E-state index in [1.54, 1.807) is 12.4 Å². The van der Waals surface area contributed by atoms with Crippen molar-refractivity contribution >= 4 is 34.6 Å². The van der Waals surface area contributed by atoms with Gasteiger partial charge >= 0.3 is 0 Å². The molecule has 0 radical (unpaired) electrons. The van der Waals surface area contributed by atoms with E-state index in [-0.39, 0.29) is 24.6 Å². The fourth-order valence-corrected chi connectivity index (χ4v) is 4.90. The summed E-state index contributed by atoms with van der Waals surface area (Å²) < 4.78 is 7.06. The highest BCUT2D eigenvalue weighted by atomic mass is 32.1. The number of anilines is 2. The number of carbonyl (C=O) groups is 1. The normalized spacial score (nSPS) is 17.2. The molecule has 0 bridgehead atoms. The Morgan fingerprint density at radius 3 is 2.72 bits per heavy atom. The number of benzene rings is 1. The number of thiocarbonyl (C=S) groups is 1. The van der Waals surface area contributed by atoms with Crippen LogP contribution < -0.4 is 15.5 Å². The number of nitrogens with zero attached hydrogens (tertiary/aromatic N) is 4. The Bertz CT molecular complexity index is 1380. The van der Waals surface area contributed by atoms with Crippen molar-refractivity contribution < 1.29 is 9.53 Å². The van der Waals surface area contributed by atoms with Crippen LogP contribution in [-0.4, -0.2) is 39.3 Å². The Morgan fingerprint density at radius 1 is 1.11 bits per heavy atom. The van der Waals surface area contributed by atoms with Crippen LogP contribution >= 0.6 is 12.2 Å². The molecule has 0 aliphatic carbocycles. The predicted octanol–water partition coefficient (Wildman–Crippen LogP) is 4.34. The van der Waals surface area contributed by atoms with E-state index in [0.717, 1.165) is 34.0 Å². The van der Waals surface area contributed by atoms with Crippen molar-refractivity contribution in [3.8, 4) is 5.69 Å². The number of carbonyl (C=O) groups excluding carboxylic acids is 1. The number of hydrogen-bond donors (Lipinski definition) is 2. The number of rotatable bonds is 7. The van der Waals surface area contributed by atoms with Crippen LogP contribution in [0, 0.1) is 6.92 Å². The Labute approximate surface area is 215 Å². The lowest BCUT2D eigenvalue weighted by Crippen LogP contribution is -2.30. The van der Waals surface area contributed by atoms with Gasteiger partial charge in [-0.2, -0.15) is 0 Å². The molecule has 0 unspecified atom stereocenters. The van der Waals surface area contributed by atoms with E-state index >= 15 is 0 Å². The van der Waals surface area contributed by atoms with Crippen LogP contribution in [0.25, 0.3) is 5.69 Å². The summed E-state index contributed by atoms with van der Waals surface area (Å²) in [7, 11) is 1.50. The smallest absolute Gasteiger partial charge is 0.250 e. The molecule has 3 aromatic heterocycles. The zero-order valence-corrected chi connectivity index (χ0v) is 20.8. The lowest BCUT2D eigenvalue weighted by molar-refractivity contribution is -0.119. The van der Waals surface area contributed by atoms with Gasteiger partial charge in [-0.3, -0.25) is 14.8 Å². The molecular formula is C27H26N6O2S. The Kier molecular flexibility index (Phi) is 6.75. The summed E-state index contributed by atoms with van der Waals surface area (Å²) in [5.74, 6) is -0.200. The number of amides is 1. The van der Waals surface area contributed by atoms with Crippen LogP contribution in [0.1, 0.15) is 29.0 Å². The van der Waals surface area contributed by atoms with Crippen molar-refractivity contribution in [2.24, 2.45) is 0 Å². The first-order chi connectivity index (χ1) is 17.6. The Morgan fingerprint density at radius 2 is 2.00 bits per heavy atom. The zero-order valence-electron chi connectivity index (χ0n) is 20.0. The summed E-state index contributed by atoms with van der Waals surface area (Å²) in [6.45, 7) is 1.96. The van der Waals surface area contributed by atoms with Gasteiger partial charge in [0.15, 0.2) is 5.11 Å². The molecule has 1 saturated heterocycles. The van der Waals surface area contributed by atoms with Crippen LogP contribution in [0.3, 0.4) is 0 Å². The summed E-state index contributed by atoms with van der Waals surface area (Å²) in [5, 5.41) is 6.99. The van der Waals surface area contributed by atoms with Gasteiger partial charge in [0.25, 0.3) is 0 Å². The molecule has 2 N–H and O–H groups in total. The minimum atomic E-state index is -0.200. The van der Waals surface area contributed by atoms with Crippen molar-refractivity contribution in [3.63, 3.8) is 0 Å². The maximum Gasteiger partial charge on any atom is 0.250 e. The number of pyridine rings is 2. The summed E-state index contributed by atoms with van der Waals surface area (Å²) in [6, 6.07) is 19.5. The number of nitrogens with one attached hydrogen (secondary N) is 2. The van der Waals surface area contributed by atoms with E-state index in [1.807, 2.05) is 73.9 Å². The lowest BCUT2D eigenvalue weighted by atomic mass is 10.0. The van der Waals surface area contributed by atoms with Crippen LogP contribution in [0.15, 0.2) is 85.5 Å². The first-order valence-corrected chi connectivity index (χ1v) is 12.0. The van der Waals surface area contributed by atoms with Crippen LogP contribution in [0.5, 0.6) is 0 Å². The number of aromatic nitrogens is 3. The Balaban J connectivity index is 1.58. The molecule has 36 heavy (non-hydrogen) atoms. The third kappa shape index (κ3) is 4.58. The van der Waals surface area contributed by atoms with Crippen molar-refractivity contribution in [2.45, 2.75) is 19.0 Å². The fraction of sp³-hybridized carbons (Fsp3) is 0.185. The maximum absolute atomic E-state index is 12.0. The molecule has 2 atom stereocenters. The quantitative estimate of drug-likeness (QED) is 0.367. The molecular weight excluding hydrogens is 472 g/mol. The highest BCUT2D eigenvalue weighted by Gasteiger charge is 2.42. The number of aryl methyl sites for hydroxylation is 1. The summed E-state index contributed by atoms with van der Waals surface area (Å²) in [4.78, 5) is 23.1. The van der Waals surface area contributed by atoms with Gasteiger partial charge in [-0.1, -0.05) is 6.07 Å². The molecule has 4 heterocycles. The molecule has 9 heteroatoms. The molecule has 182 valence electrons. The molecule has 1 fully saturated rings. The standard InChI is InChI=1S/C27H26N6O2S/c1-18-15-19(10-11-21(18)30-24(34)17-35-2)33-26(25(31-27(33)36)22-8-3-4-13-29-22)23-9-6-14-32(23)20-7-5-12-28-16-20/h3-16,25-26H,17H2,1-2H3,(H,30,34)(H,31,36)/t25-,26-/m0/s1. The average molecular weight is 499 g/mol. The largest absolute Gasteiger partial charge is 0.375 e. The van der Waals surface area contributed by atoms with Gasteiger partial charge in [-0.25, -0.2) is 0 Å². The highest BCUT2D eigenvalue weighted by Crippen LogP contribution is 2.42. The minimum absolute atomic E-state index is 0.000481. The van der Waals surface area contributed by atoms with E-state index in [0.29, 0.717) is 5.11 Å². The monoisotopic (exact) mass is 498 g/mol. The first-order valence-electron chi connectivity index (χ1n) is 11.5. The van der Waals surface area contributed by atoms with E-state index in [4.69, 9.17) is 17.0 Å². The van der Waals surface area contributed by atoms with Crippen molar-refractivity contribution in [3.05, 3.63) is 102 Å². The number of ether oxygens (including phenoxy) is 1. The molecule has 0 saturated carbocycles. The number of methoxy groups -OCH3 is 1. The van der Waals surface area contributed by atoms with Crippen molar-refractivity contribution in [1.82, 2.24) is 19.9 Å². The van der Waals surface area contributed by atoms with Gasteiger partial charge in [-0.05, 0) is 79.3 Å². The molecule has 8 nitrogen and oxygen atoms in total. The van der Waals surface area contributed by atoms with E-state index in [1.165, 1.54) is 7.11 Å². The molecule has 1 aromatic carbocycles. The third-order valence-corrected chi connectivity index (χ3v) is 6.46.